The molecule has 4 nitrogen and oxygen atoms in total. The summed E-state index contributed by atoms with van der Waals surface area (Å²) in [5.74, 6) is -0.304. The minimum absolute atomic E-state index is 0.0574. The Bertz CT molecular complexity index is 1440. The Kier molecular flexibility index (Phi) is 5.07. The van der Waals surface area contributed by atoms with E-state index in [9.17, 15) is 9.59 Å². The molecule has 2 heterocycles. The van der Waals surface area contributed by atoms with Crippen molar-refractivity contribution < 1.29 is 9.21 Å². The van der Waals surface area contributed by atoms with Crippen LogP contribution < -0.4 is 10.3 Å². The molecule has 1 amide bonds. The lowest BCUT2D eigenvalue weighted by Crippen LogP contribution is -2.29. The number of aryl methyl sites for hydroxylation is 2. The van der Waals surface area contributed by atoms with Gasteiger partial charge in [0.2, 0.25) is 5.76 Å². The minimum atomic E-state index is -0.680. The SMILES string of the molecule is CCc1ccc(N2C(=O)c3oc4ccc(C)cc4c(=O)c3C2c2ccc(Cl)c(Cl)c2)cc1. The van der Waals surface area contributed by atoms with Gasteiger partial charge in [0.15, 0.2) is 5.43 Å². The van der Waals surface area contributed by atoms with E-state index in [0.717, 1.165) is 17.5 Å². The number of carbonyl (C=O) groups excluding carboxylic acids is 1. The molecular weight excluding hydrogens is 445 g/mol. The van der Waals surface area contributed by atoms with Crippen LogP contribution in [-0.2, 0) is 6.42 Å². The lowest BCUT2D eigenvalue weighted by Gasteiger charge is -2.25. The van der Waals surface area contributed by atoms with Crippen LogP contribution in [0.25, 0.3) is 11.0 Å². The number of fused-ring (bicyclic) bond motifs is 2. The Balaban J connectivity index is 1.80. The van der Waals surface area contributed by atoms with Gasteiger partial charge < -0.3 is 4.42 Å². The van der Waals surface area contributed by atoms with Gasteiger partial charge in [-0.2, -0.15) is 0 Å². The van der Waals surface area contributed by atoms with Gasteiger partial charge in [0.1, 0.15) is 5.58 Å². The van der Waals surface area contributed by atoms with Gasteiger partial charge in [0.05, 0.1) is 27.0 Å². The van der Waals surface area contributed by atoms with E-state index in [4.69, 9.17) is 27.6 Å². The van der Waals surface area contributed by atoms with Gasteiger partial charge in [-0.25, -0.2) is 0 Å². The Morgan fingerprint density at radius 1 is 0.938 bits per heavy atom. The quantitative estimate of drug-likeness (QED) is 0.338. The Morgan fingerprint density at radius 2 is 1.69 bits per heavy atom. The van der Waals surface area contributed by atoms with Crippen molar-refractivity contribution in [3.8, 4) is 0 Å². The lowest BCUT2D eigenvalue weighted by molar-refractivity contribution is 0.0971. The number of rotatable bonds is 3. The topological polar surface area (TPSA) is 50.5 Å². The van der Waals surface area contributed by atoms with E-state index < -0.39 is 6.04 Å². The molecule has 0 fully saturated rings. The van der Waals surface area contributed by atoms with Crippen molar-refractivity contribution in [2.24, 2.45) is 0 Å². The molecule has 4 aromatic rings. The maximum Gasteiger partial charge on any atom is 0.295 e. The fourth-order valence-electron chi connectivity index (χ4n) is 4.24. The van der Waals surface area contributed by atoms with Crippen LogP contribution in [0.3, 0.4) is 0 Å². The Morgan fingerprint density at radius 3 is 2.38 bits per heavy atom. The van der Waals surface area contributed by atoms with E-state index in [2.05, 4.69) is 6.92 Å². The first-order chi connectivity index (χ1) is 15.4. The average molecular weight is 464 g/mol. The van der Waals surface area contributed by atoms with Crippen LogP contribution in [-0.4, -0.2) is 5.91 Å². The Hall–Kier alpha value is -3.08. The highest BCUT2D eigenvalue weighted by Crippen LogP contribution is 2.42. The van der Waals surface area contributed by atoms with E-state index in [1.54, 1.807) is 35.2 Å². The zero-order valence-corrected chi connectivity index (χ0v) is 19.0. The van der Waals surface area contributed by atoms with Gasteiger partial charge in [-0.3, -0.25) is 14.5 Å². The van der Waals surface area contributed by atoms with Gasteiger partial charge in [0.25, 0.3) is 5.91 Å². The van der Waals surface area contributed by atoms with E-state index >= 15 is 0 Å². The Labute approximate surface area is 195 Å². The van der Waals surface area contributed by atoms with E-state index in [1.165, 1.54) is 0 Å². The molecule has 0 spiro atoms. The van der Waals surface area contributed by atoms with Gasteiger partial charge in [-0.1, -0.05) is 60.0 Å². The van der Waals surface area contributed by atoms with Gasteiger partial charge in [-0.15, -0.1) is 0 Å². The average Bonchev–Trinajstić information content (AvgIpc) is 3.09. The fraction of sp³-hybridized carbons (Fsp3) is 0.154. The van der Waals surface area contributed by atoms with E-state index in [1.807, 2.05) is 37.3 Å². The number of hydrogen-bond acceptors (Lipinski definition) is 3. The second kappa shape index (κ2) is 7.80. The summed E-state index contributed by atoms with van der Waals surface area (Å²) in [6.07, 6.45) is 0.884. The zero-order chi connectivity index (χ0) is 22.6. The van der Waals surface area contributed by atoms with Crippen molar-refractivity contribution in [1.82, 2.24) is 0 Å². The zero-order valence-electron chi connectivity index (χ0n) is 17.5. The van der Waals surface area contributed by atoms with Crippen LogP contribution >= 0.6 is 23.2 Å². The molecule has 1 unspecified atom stereocenters. The first-order valence-electron chi connectivity index (χ1n) is 10.3. The highest BCUT2D eigenvalue weighted by Gasteiger charge is 2.43. The summed E-state index contributed by atoms with van der Waals surface area (Å²) in [6, 6.07) is 17.6. The molecular formula is C26H19Cl2NO3. The number of halogens is 2. The number of benzene rings is 3. The van der Waals surface area contributed by atoms with E-state index in [0.29, 0.717) is 37.8 Å². The van der Waals surface area contributed by atoms with Crippen LogP contribution in [0.1, 0.15) is 45.8 Å². The molecule has 1 aromatic heterocycles. The predicted octanol–water partition coefficient (Wildman–Crippen LogP) is 6.72. The molecule has 1 atom stereocenters. The van der Waals surface area contributed by atoms with E-state index in [-0.39, 0.29) is 17.1 Å². The maximum atomic E-state index is 13.6. The third-order valence-electron chi connectivity index (χ3n) is 5.91. The lowest BCUT2D eigenvalue weighted by atomic mass is 9.98. The molecule has 0 N–H and O–H groups in total. The normalized spacial score (nSPS) is 15.4. The highest BCUT2D eigenvalue weighted by molar-refractivity contribution is 6.42. The number of nitrogens with zero attached hydrogens (tertiary/aromatic N) is 1. The first kappa shape index (κ1) is 20.8. The minimum Gasteiger partial charge on any atom is -0.450 e. The second-order valence-electron chi connectivity index (χ2n) is 7.94. The smallest absolute Gasteiger partial charge is 0.295 e. The molecule has 0 aliphatic carbocycles. The molecule has 0 saturated heterocycles. The van der Waals surface area contributed by atoms with Crippen LogP contribution in [0.15, 0.2) is 69.9 Å². The number of anilines is 1. The first-order valence-corrected chi connectivity index (χ1v) is 11.1. The monoisotopic (exact) mass is 463 g/mol. The molecule has 3 aromatic carbocycles. The number of amides is 1. The van der Waals surface area contributed by atoms with Crippen molar-refractivity contribution in [2.45, 2.75) is 26.3 Å². The van der Waals surface area contributed by atoms with Gasteiger partial charge in [-0.05, 0) is 60.9 Å². The highest BCUT2D eigenvalue weighted by atomic mass is 35.5. The van der Waals surface area contributed by atoms with Crippen LogP contribution in [0.2, 0.25) is 10.0 Å². The van der Waals surface area contributed by atoms with Gasteiger partial charge >= 0.3 is 0 Å². The largest absolute Gasteiger partial charge is 0.450 e. The van der Waals surface area contributed by atoms with Crippen molar-refractivity contribution in [2.75, 3.05) is 4.90 Å². The third kappa shape index (κ3) is 3.22. The molecule has 160 valence electrons. The molecule has 0 radical (unpaired) electrons. The van der Waals surface area contributed by atoms with Crippen LogP contribution in [0.5, 0.6) is 0 Å². The molecule has 1 aliphatic rings. The molecule has 0 bridgehead atoms. The van der Waals surface area contributed by atoms with Crippen molar-refractivity contribution in [3.63, 3.8) is 0 Å². The van der Waals surface area contributed by atoms with Gasteiger partial charge in [0, 0.05) is 5.69 Å². The standard InChI is InChI=1S/C26H19Cl2NO3/c1-3-15-5-8-17(9-6-15)29-23(16-7-10-19(27)20(28)13-16)22-24(30)18-12-14(2)4-11-21(18)32-25(22)26(29)31/h4-13,23H,3H2,1-2H3. The third-order valence-corrected chi connectivity index (χ3v) is 6.65. The summed E-state index contributed by atoms with van der Waals surface area (Å²) in [6.45, 7) is 3.98. The second-order valence-corrected chi connectivity index (χ2v) is 8.76. The number of carbonyl (C=O) groups is 1. The molecule has 32 heavy (non-hydrogen) atoms. The summed E-state index contributed by atoms with van der Waals surface area (Å²) in [5.41, 5.74) is 3.93. The summed E-state index contributed by atoms with van der Waals surface area (Å²) in [7, 11) is 0. The molecule has 5 rings (SSSR count). The van der Waals surface area contributed by atoms with Crippen molar-refractivity contribution in [3.05, 3.63) is 109 Å². The van der Waals surface area contributed by atoms with Crippen LogP contribution in [0.4, 0.5) is 5.69 Å². The van der Waals surface area contributed by atoms with Crippen molar-refractivity contribution in [1.29, 1.82) is 0 Å². The fourth-order valence-corrected chi connectivity index (χ4v) is 4.55. The summed E-state index contributed by atoms with van der Waals surface area (Å²) >= 11 is 12.4. The molecule has 6 heteroatoms. The van der Waals surface area contributed by atoms with Crippen molar-refractivity contribution >= 4 is 45.8 Å². The maximum absolute atomic E-state index is 13.6. The summed E-state index contributed by atoms with van der Waals surface area (Å²) in [5, 5.41) is 1.21. The molecule has 1 aliphatic heterocycles. The summed E-state index contributed by atoms with van der Waals surface area (Å²) in [4.78, 5) is 28.8. The van der Waals surface area contributed by atoms with Crippen LogP contribution in [0, 0.1) is 6.92 Å². The summed E-state index contributed by atoms with van der Waals surface area (Å²) < 4.78 is 6.00. The molecule has 0 saturated carbocycles. The number of hydrogen-bond donors (Lipinski definition) is 0. The predicted molar refractivity (Wildman–Crippen MR) is 128 cm³/mol.